The Kier molecular flexibility index (Phi) is 3.68. The van der Waals surface area contributed by atoms with E-state index in [0.717, 1.165) is 16.8 Å². The first kappa shape index (κ1) is 14.1. The van der Waals surface area contributed by atoms with Gasteiger partial charge in [-0.15, -0.1) is 0 Å². The minimum atomic E-state index is 0.0987. The number of rotatable bonds is 4. The van der Waals surface area contributed by atoms with Crippen molar-refractivity contribution in [1.82, 2.24) is 9.88 Å². The van der Waals surface area contributed by atoms with Gasteiger partial charge in [0.25, 0.3) is 5.56 Å². The van der Waals surface area contributed by atoms with E-state index < -0.39 is 0 Å². The molecule has 21 heavy (non-hydrogen) atoms. The average molecular weight is 282 g/mol. The molecule has 0 amide bonds. The van der Waals surface area contributed by atoms with Crippen molar-refractivity contribution in [2.24, 2.45) is 7.05 Å². The summed E-state index contributed by atoms with van der Waals surface area (Å²) in [6.07, 6.45) is 2.47. The van der Waals surface area contributed by atoms with Crippen molar-refractivity contribution in [1.29, 1.82) is 0 Å². The van der Waals surface area contributed by atoms with E-state index in [2.05, 4.69) is 43.4 Å². The van der Waals surface area contributed by atoms with Crippen LogP contribution in [-0.2, 0) is 13.6 Å². The molecule has 0 radical (unpaired) electrons. The zero-order valence-corrected chi connectivity index (χ0v) is 12.9. The minimum Gasteiger partial charge on any atom is -0.311 e. The Morgan fingerprint density at radius 2 is 1.95 bits per heavy atom. The second kappa shape index (κ2) is 5.49. The smallest absolute Gasteiger partial charge is 0.255 e. The molecule has 0 atom stereocenters. The van der Waals surface area contributed by atoms with Gasteiger partial charge < -0.3 is 9.88 Å². The number of aryl methyl sites for hydroxylation is 2. The van der Waals surface area contributed by atoms with Gasteiger partial charge in [0.2, 0.25) is 0 Å². The van der Waals surface area contributed by atoms with Crippen LogP contribution in [0.5, 0.6) is 0 Å². The molecule has 110 valence electrons. The molecule has 0 bridgehead atoms. The van der Waals surface area contributed by atoms with Gasteiger partial charge in [-0.2, -0.15) is 0 Å². The van der Waals surface area contributed by atoms with Crippen LogP contribution in [0.15, 0.2) is 35.1 Å². The van der Waals surface area contributed by atoms with E-state index >= 15 is 0 Å². The second-order valence-electron chi connectivity index (χ2n) is 6.08. The Morgan fingerprint density at radius 1 is 1.19 bits per heavy atom. The SMILES string of the molecule is Cc1ccc(C)c(-c2ccc(CNC3CC3)c(=O)n2C)c1. The second-order valence-corrected chi connectivity index (χ2v) is 6.08. The summed E-state index contributed by atoms with van der Waals surface area (Å²) in [5.41, 5.74) is 5.47. The third kappa shape index (κ3) is 2.93. The van der Waals surface area contributed by atoms with Gasteiger partial charge in [0.15, 0.2) is 0 Å². The van der Waals surface area contributed by atoms with E-state index in [-0.39, 0.29) is 5.56 Å². The van der Waals surface area contributed by atoms with Crippen molar-refractivity contribution >= 4 is 0 Å². The third-order valence-corrected chi connectivity index (χ3v) is 4.21. The summed E-state index contributed by atoms with van der Waals surface area (Å²) in [5, 5.41) is 3.41. The highest BCUT2D eigenvalue weighted by atomic mass is 16.1. The van der Waals surface area contributed by atoms with Crippen molar-refractivity contribution in [3.8, 4) is 11.3 Å². The number of aromatic nitrogens is 1. The normalized spacial score (nSPS) is 14.4. The van der Waals surface area contributed by atoms with Crippen LogP contribution in [0.25, 0.3) is 11.3 Å². The van der Waals surface area contributed by atoms with E-state index in [1.165, 1.54) is 24.0 Å². The third-order valence-electron chi connectivity index (χ3n) is 4.21. The van der Waals surface area contributed by atoms with Gasteiger partial charge in [0.05, 0.1) is 5.69 Å². The summed E-state index contributed by atoms with van der Waals surface area (Å²) in [4.78, 5) is 12.5. The molecule has 1 heterocycles. The fourth-order valence-electron chi connectivity index (χ4n) is 2.65. The summed E-state index contributed by atoms with van der Waals surface area (Å²) in [5.74, 6) is 0. The predicted molar refractivity (Wildman–Crippen MR) is 86.5 cm³/mol. The van der Waals surface area contributed by atoms with Crippen LogP contribution in [0.4, 0.5) is 0 Å². The standard InChI is InChI=1S/C18H22N2O/c1-12-4-5-13(2)16(10-12)17-9-6-14(18(21)20(17)3)11-19-15-7-8-15/h4-6,9-10,15,19H,7-8,11H2,1-3H3. The molecule has 3 heteroatoms. The lowest BCUT2D eigenvalue weighted by Crippen LogP contribution is -2.27. The molecule has 1 N–H and O–H groups in total. The topological polar surface area (TPSA) is 34.0 Å². The number of nitrogens with zero attached hydrogens (tertiary/aromatic N) is 1. The van der Waals surface area contributed by atoms with E-state index in [1.54, 1.807) is 4.57 Å². The van der Waals surface area contributed by atoms with Gasteiger partial charge in [-0.1, -0.05) is 23.8 Å². The van der Waals surface area contributed by atoms with E-state index in [4.69, 9.17) is 0 Å². The summed E-state index contributed by atoms with van der Waals surface area (Å²) in [7, 11) is 1.86. The first-order chi connectivity index (χ1) is 10.1. The average Bonchev–Trinajstić information content (AvgIpc) is 3.28. The number of hydrogen-bond acceptors (Lipinski definition) is 2. The fraction of sp³-hybridized carbons (Fsp3) is 0.389. The largest absolute Gasteiger partial charge is 0.311 e. The van der Waals surface area contributed by atoms with E-state index in [1.807, 2.05) is 13.1 Å². The monoisotopic (exact) mass is 282 g/mol. The number of hydrogen-bond donors (Lipinski definition) is 1. The Morgan fingerprint density at radius 3 is 2.67 bits per heavy atom. The van der Waals surface area contributed by atoms with E-state index in [9.17, 15) is 4.79 Å². The highest BCUT2D eigenvalue weighted by molar-refractivity contribution is 5.65. The van der Waals surface area contributed by atoms with Crippen LogP contribution in [0.3, 0.4) is 0 Å². The van der Waals surface area contributed by atoms with Crippen LogP contribution < -0.4 is 10.9 Å². The summed E-state index contributed by atoms with van der Waals surface area (Å²) < 4.78 is 1.77. The van der Waals surface area contributed by atoms with Crippen molar-refractivity contribution in [3.05, 3.63) is 57.4 Å². The fourth-order valence-corrected chi connectivity index (χ4v) is 2.65. The Hall–Kier alpha value is -1.87. The first-order valence-electron chi connectivity index (χ1n) is 7.56. The number of pyridine rings is 1. The Labute approximate surface area is 125 Å². The maximum atomic E-state index is 12.5. The molecular weight excluding hydrogens is 260 g/mol. The molecule has 0 unspecified atom stereocenters. The molecule has 0 aliphatic heterocycles. The summed E-state index contributed by atoms with van der Waals surface area (Å²) in [6, 6.07) is 11.0. The van der Waals surface area contributed by atoms with Gasteiger partial charge in [0, 0.05) is 30.8 Å². The van der Waals surface area contributed by atoms with E-state index in [0.29, 0.717) is 12.6 Å². The lowest BCUT2D eigenvalue weighted by molar-refractivity contribution is 0.674. The van der Waals surface area contributed by atoms with Crippen LogP contribution in [0.2, 0.25) is 0 Å². The highest BCUT2D eigenvalue weighted by Gasteiger charge is 2.20. The quantitative estimate of drug-likeness (QED) is 0.935. The van der Waals surface area contributed by atoms with Crippen molar-refractivity contribution in [2.75, 3.05) is 0 Å². The summed E-state index contributed by atoms with van der Waals surface area (Å²) >= 11 is 0. The first-order valence-corrected chi connectivity index (χ1v) is 7.56. The van der Waals surface area contributed by atoms with Gasteiger partial charge in [-0.25, -0.2) is 0 Å². The maximum Gasteiger partial charge on any atom is 0.255 e. The molecule has 3 nitrogen and oxygen atoms in total. The predicted octanol–water partition coefficient (Wildman–Crippen LogP) is 2.92. The van der Waals surface area contributed by atoms with Crippen molar-refractivity contribution in [3.63, 3.8) is 0 Å². The molecule has 0 spiro atoms. The molecule has 0 saturated heterocycles. The van der Waals surface area contributed by atoms with Crippen LogP contribution >= 0.6 is 0 Å². The zero-order chi connectivity index (χ0) is 15.0. The molecule has 1 fully saturated rings. The highest BCUT2D eigenvalue weighted by Crippen LogP contribution is 2.23. The molecule has 3 rings (SSSR count). The van der Waals surface area contributed by atoms with Crippen molar-refractivity contribution < 1.29 is 0 Å². The van der Waals surface area contributed by atoms with Gasteiger partial charge in [0.1, 0.15) is 0 Å². The van der Waals surface area contributed by atoms with Crippen LogP contribution in [0, 0.1) is 13.8 Å². The summed E-state index contributed by atoms with van der Waals surface area (Å²) in [6.45, 7) is 4.83. The minimum absolute atomic E-state index is 0.0987. The molecule has 1 aromatic carbocycles. The van der Waals surface area contributed by atoms with Crippen molar-refractivity contribution in [2.45, 2.75) is 39.3 Å². The molecular formula is C18H22N2O. The van der Waals surface area contributed by atoms with Crippen LogP contribution in [0.1, 0.15) is 29.5 Å². The Balaban J connectivity index is 1.98. The molecule has 2 aromatic rings. The number of benzene rings is 1. The molecule has 1 aliphatic rings. The van der Waals surface area contributed by atoms with Gasteiger partial charge in [-0.05, 0) is 44.4 Å². The van der Waals surface area contributed by atoms with Crippen LogP contribution in [-0.4, -0.2) is 10.6 Å². The molecule has 1 aromatic heterocycles. The lowest BCUT2D eigenvalue weighted by atomic mass is 10.0. The zero-order valence-electron chi connectivity index (χ0n) is 12.9. The van der Waals surface area contributed by atoms with Gasteiger partial charge >= 0.3 is 0 Å². The molecule has 1 aliphatic carbocycles. The van der Waals surface area contributed by atoms with Gasteiger partial charge in [-0.3, -0.25) is 4.79 Å². The molecule has 1 saturated carbocycles. The Bertz CT molecular complexity index is 726. The maximum absolute atomic E-state index is 12.5. The number of nitrogens with one attached hydrogen (secondary N) is 1. The lowest BCUT2D eigenvalue weighted by Gasteiger charge is -2.13.